The van der Waals surface area contributed by atoms with Gasteiger partial charge in [0, 0.05) is 11.3 Å². The lowest BCUT2D eigenvalue weighted by molar-refractivity contribution is 0.284. The molecule has 1 aromatic carbocycles. The highest BCUT2D eigenvalue weighted by Crippen LogP contribution is 2.33. The summed E-state index contributed by atoms with van der Waals surface area (Å²) in [5, 5.41) is 8.77. The average molecular weight is 230 g/mol. The number of aromatic nitrogens is 1. The van der Waals surface area contributed by atoms with Crippen molar-refractivity contribution >= 4 is 10.9 Å². The van der Waals surface area contributed by atoms with Gasteiger partial charge in [-0.3, -0.25) is 0 Å². The van der Waals surface area contributed by atoms with E-state index in [-0.39, 0.29) is 0 Å². The molecule has 3 rings (SSSR count). The maximum absolute atomic E-state index is 5.55. The van der Waals surface area contributed by atoms with Crippen LogP contribution in [0.3, 0.4) is 0 Å². The van der Waals surface area contributed by atoms with Crippen LogP contribution in [0.5, 0.6) is 0 Å². The Morgan fingerprint density at radius 3 is 3.12 bits per heavy atom. The Kier molecular flexibility index (Phi) is 2.85. The molecular weight excluding hydrogens is 212 g/mol. The van der Waals surface area contributed by atoms with Crippen LogP contribution in [0.1, 0.15) is 31.4 Å². The standard InChI is InChI=1S/C14H18N2O/c1-10(11-5-4-8-15-9-11)14-12-6-2-3-7-13(12)16-17-14/h2-3,6-7,10-11,15H,4-5,8-9H2,1H3. The number of nitrogens with zero attached hydrogens (tertiary/aromatic N) is 1. The van der Waals surface area contributed by atoms with Gasteiger partial charge in [-0.1, -0.05) is 24.2 Å². The Morgan fingerprint density at radius 2 is 2.29 bits per heavy atom. The van der Waals surface area contributed by atoms with Crippen molar-refractivity contribution in [3.05, 3.63) is 30.0 Å². The summed E-state index contributed by atoms with van der Waals surface area (Å²) >= 11 is 0. The second-order valence-electron chi connectivity index (χ2n) is 4.96. The fourth-order valence-electron chi connectivity index (χ4n) is 2.76. The van der Waals surface area contributed by atoms with Crippen molar-refractivity contribution in [2.24, 2.45) is 5.92 Å². The number of nitrogens with one attached hydrogen (secondary N) is 1. The summed E-state index contributed by atoms with van der Waals surface area (Å²) in [6.45, 7) is 4.50. The van der Waals surface area contributed by atoms with E-state index in [1.807, 2.05) is 12.1 Å². The molecule has 1 aromatic heterocycles. The van der Waals surface area contributed by atoms with Crippen LogP contribution in [0.25, 0.3) is 10.9 Å². The van der Waals surface area contributed by atoms with E-state index in [2.05, 4.69) is 29.5 Å². The summed E-state index contributed by atoms with van der Waals surface area (Å²) in [6.07, 6.45) is 2.55. The van der Waals surface area contributed by atoms with Crippen molar-refractivity contribution in [2.45, 2.75) is 25.7 Å². The van der Waals surface area contributed by atoms with E-state index < -0.39 is 0 Å². The fourth-order valence-corrected chi connectivity index (χ4v) is 2.76. The number of fused-ring (bicyclic) bond motifs is 1. The zero-order valence-corrected chi connectivity index (χ0v) is 10.1. The van der Waals surface area contributed by atoms with E-state index in [0.29, 0.717) is 11.8 Å². The van der Waals surface area contributed by atoms with E-state index in [4.69, 9.17) is 4.52 Å². The Balaban J connectivity index is 1.92. The molecule has 0 saturated carbocycles. The SMILES string of the molecule is CC(c1onc2ccccc12)C1CCCNC1. The van der Waals surface area contributed by atoms with Gasteiger partial charge in [0.25, 0.3) is 0 Å². The zero-order chi connectivity index (χ0) is 11.7. The minimum atomic E-state index is 0.440. The number of benzene rings is 1. The molecule has 1 saturated heterocycles. The topological polar surface area (TPSA) is 38.1 Å². The average Bonchev–Trinajstić information content (AvgIpc) is 2.83. The van der Waals surface area contributed by atoms with E-state index >= 15 is 0 Å². The molecule has 3 heteroatoms. The monoisotopic (exact) mass is 230 g/mol. The highest BCUT2D eigenvalue weighted by molar-refractivity contribution is 5.80. The van der Waals surface area contributed by atoms with E-state index in [9.17, 15) is 0 Å². The van der Waals surface area contributed by atoms with Crippen molar-refractivity contribution < 1.29 is 4.52 Å². The third-order valence-corrected chi connectivity index (χ3v) is 3.87. The first-order chi connectivity index (χ1) is 8.36. The molecule has 0 spiro atoms. The number of piperidine rings is 1. The molecule has 1 fully saturated rings. The minimum Gasteiger partial charge on any atom is -0.360 e. The summed E-state index contributed by atoms with van der Waals surface area (Å²) in [4.78, 5) is 0. The molecular formula is C14H18N2O. The van der Waals surface area contributed by atoms with Gasteiger partial charge in [0.15, 0.2) is 0 Å². The van der Waals surface area contributed by atoms with Gasteiger partial charge < -0.3 is 9.84 Å². The minimum absolute atomic E-state index is 0.440. The maximum Gasteiger partial charge on any atom is 0.147 e. The molecule has 2 heterocycles. The quantitative estimate of drug-likeness (QED) is 0.862. The summed E-state index contributed by atoms with van der Waals surface area (Å²) in [5.41, 5.74) is 0.970. The van der Waals surface area contributed by atoms with Crippen molar-refractivity contribution in [1.82, 2.24) is 10.5 Å². The number of hydrogen-bond donors (Lipinski definition) is 1. The molecule has 1 aliphatic rings. The summed E-state index contributed by atoms with van der Waals surface area (Å²) in [6, 6.07) is 8.17. The van der Waals surface area contributed by atoms with Crippen LogP contribution in [-0.2, 0) is 0 Å². The summed E-state index contributed by atoms with van der Waals surface area (Å²) in [5.74, 6) is 2.16. The predicted molar refractivity (Wildman–Crippen MR) is 68.0 cm³/mol. The third kappa shape index (κ3) is 1.95. The van der Waals surface area contributed by atoms with Crippen LogP contribution in [0.15, 0.2) is 28.8 Å². The van der Waals surface area contributed by atoms with Gasteiger partial charge in [0.2, 0.25) is 0 Å². The van der Waals surface area contributed by atoms with Crippen molar-refractivity contribution in [3.8, 4) is 0 Å². The molecule has 2 atom stereocenters. The van der Waals surface area contributed by atoms with Gasteiger partial charge in [0.1, 0.15) is 11.3 Å². The molecule has 0 bridgehead atoms. The van der Waals surface area contributed by atoms with Crippen LogP contribution in [0.4, 0.5) is 0 Å². The Labute approximate surface area is 101 Å². The largest absolute Gasteiger partial charge is 0.360 e. The van der Waals surface area contributed by atoms with E-state index in [1.54, 1.807) is 0 Å². The van der Waals surface area contributed by atoms with Gasteiger partial charge in [-0.2, -0.15) is 0 Å². The van der Waals surface area contributed by atoms with Gasteiger partial charge in [-0.25, -0.2) is 0 Å². The molecule has 17 heavy (non-hydrogen) atoms. The molecule has 90 valence electrons. The lowest BCUT2D eigenvalue weighted by atomic mass is 9.85. The molecule has 1 aliphatic heterocycles. The van der Waals surface area contributed by atoms with Crippen LogP contribution >= 0.6 is 0 Å². The third-order valence-electron chi connectivity index (χ3n) is 3.87. The van der Waals surface area contributed by atoms with Gasteiger partial charge >= 0.3 is 0 Å². The van der Waals surface area contributed by atoms with Gasteiger partial charge in [-0.15, -0.1) is 0 Å². The molecule has 0 aliphatic carbocycles. The molecule has 2 aromatic rings. The smallest absolute Gasteiger partial charge is 0.147 e. The highest BCUT2D eigenvalue weighted by Gasteiger charge is 2.25. The number of rotatable bonds is 2. The first kappa shape index (κ1) is 10.8. The van der Waals surface area contributed by atoms with Gasteiger partial charge in [-0.05, 0) is 44.0 Å². The molecule has 0 radical (unpaired) electrons. The Bertz CT molecular complexity index is 500. The second kappa shape index (κ2) is 4.49. The fraction of sp³-hybridized carbons (Fsp3) is 0.500. The van der Waals surface area contributed by atoms with Crippen molar-refractivity contribution in [3.63, 3.8) is 0 Å². The summed E-state index contributed by atoms with van der Waals surface area (Å²) < 4.78 is 5.55. The van der Waals surface area contributed by atoms with Gasteiger partial charge in [0.05, 0.1) is 0 Å². The van der Waals surface area contributed by atoms with E-state index in [1.165, 1.54) is 18.2 Å². The Morgan fingerprint density at radius 1 is 1.41 bits per heavy atom. The number of hydrogen-bond acceptors (Lipinski definition) is 3. The predicted octanol–water partition coefficient (Wildman–Crippen LogP) is 2.93. The Hall–Kier alpha value is -1.35. The first-order valence-electron chi connectivity index (χ1n) is 6.41. The van der Waals surface area contributed by atoms with Crippen LogP contribution in [0.2, 0.25) is 0 Å². The lowest BCUT2D eigenvalue weighted by Gasteiger charge is -2.26. The molecule has 2 unspecified atom stereocenters. The maximum atomic E-state index is 5.55. The molecule has 3 nitrogen and oxygen atoms in total. The van der Waals surface area contributed by atoms with Crippen LogP contribution in [-0.4, -0.2) is 18.2 Å². The van der Waals surface area contributed by atoms with E-state index in [0.717, 1.165) is 24.4 Å². The van der Waals surface area contributed by atoms with Crippen LogP contribution < -0.4 is 5.32 Å². The van der Waals surface area contributed by atoms with Crippen LogP contribution in [0, 0.1) is 5.92 Å². The first-order valence-corrected chi connectivity index (χ1v) is 6.41. The molecule has 0 amide bonds. The highest BCUT2D eigenvalue weighted by atomic mass is 16.5. The normalized spacial score (nSPS) is 22.8. The lowest BCUT2D eigenvalue weighted by Crippen LogP contribution is -2.32. The molecule has 1 N–H and O–H groups in total. The summed E-state index contributed by atoms with van der Waals surface area (Å²) in [7, 11) is 0. The van der Waals surface area contributed by atoms with Crippen molar-refractivity contribution in [1.29, 1.82) is 0 Å². The zero-order valence-electron chi connectivity index (χ0n) is 10.1. The van der Waals surface area contributed by atoms with Crippen molar-refractivity contribution in [2.75, 3.05) is 13.1 Å². The second-order valence-corrected chi connectivity index (χ2v) is 4.96.